The van der Waals surface area contributed by atoms with Crippen LogP contribution in [0.5, 0.6) is 0 Å². The zero-order valence-electron chi connectivity index (χ0n) is 15.5. The standard InChI is InChI=1S/C13H18O2.C9H8O2/c1-3-4-9-15-13(14)10-12-8-6-5-7-11(12)2;10-9-5-7-3-1-2-4-8(7)6-11-9/h5-8H,3-4,9-10H2,1-2H3;1-4H,5-6H2. The number of fused-ring (bicyclic) bond motifs is 1. The first-order chi connectivity index (χ1) is 12.6. The van der Waals surface area contributed by atoms with Gasteiger partial charge in [-0.25, -0.2) is 0 Å². The van der Waals surface area contributed by atoms with E-state index in [1.807, 2.05) is 55.5 Å². The Hall–Kier alpha value is -2.62. The highest BCUT2D eigenvalue weighted by molar-refractivity contribution is 5.74. The Morgan fingerprint density at radius 1 is 1.08 bits per heavy atom. The molecule has 0 aromatic heterocycles. The van der Waals surface area contributed by atoms with E-state index in [0.717, 1.165) is 35.1 Å². The van der Waals surface area contributed by atoms with Crippen LogP contribution < -0.4 is 0 Å². The number of benzene rings is 2. The van der Waals surface area contributed by atoms with Crippen LogP contribution in [0.1, 0.15) is 42.0 Å². The number of unbranched alkanes of at least 4 members (excludes halogenated alkanes) is 1. The molecule has 0 bridgehead atoms. The third-order valence-corrected chi connectivity index (χ3v) is 4.20. The van der Waals surface area contributed by atoms with Gasteiger partial charge in [0, 0.05) is 0 Å². The van der Waals surface area contributed by atoms with Crippen LogP contribution in [-0.4, -0.2) is 18.5 Å². The lowest BCUT2D eigenvalue weighted by atomic mass is 10.0. The summed E-state index contributed by atoms with van der Waals surface area (Å²) in [4.78, 5) is 22.2. The van der Waals surface area contributed by atoms with Crippen LogP contribution in [0, 0.1) is 6.92 Å². The van der Waals surface area contributed by atoms with Gasteiger partial charge in [0.25, 0.3) is 0 Å². The van der Waals surface area contributed by atoms with Crippen molar-refractivity contribution in [1.29, 1.82) is 0 Å². The number of aryl methyl sites for hydroxylation is 1. The Balaban J connectivity index is 0.000000195. The molecule has 1 aliphatic rings. The van der Waals surface area contributed by atoms with Crippen LogP contribution in [0.15, 0.2) is 48.5 Å². The van der Waals surface area contributed by atoms with E-state index in [-0.39, 0.29) is 11.9 Å². The summed E-state index contributed by atoms with van der Waals surface area (Å²) in [6.45, 7) is 5.07. The molecule has 1 heterocycles. The van der Waals surface area contributed by atoms with Crippen molar-refractivity contribution in [3.05, 3.63) is 70.8 Å². The zero-order valence-corrected chi connectivity index (χ0v) is 15.5. The Morgan fingerprint density at radius 2 is 1.77 bits per heavy atom. The Morgan fingerprint density at radius 3 is 2.50 bits per heavy atom. The lowest BCUT2D eigenvalue weighted by Crippen LogP contribution is -2.15. The lowest BCUT2D eigenvalue weighted by molar-refractivity contribution is -0.145. The normalized spacial score (nSPS) is 12.3. The molecule has 0 atom stereocenters. The summed E-state index contributed by atoms with van der Waals surface area (Å²) < 4.78 is 9.97. The van der Waals surface area contributed by atoms with Gasteiger partial charge < -0.3 is 9.47 Å². The molecule has 0 unspecified atom stereocenters. The summed E-state index contributed by atoms with van der Waals surface area (Å²) in [6.07, 6.45) is 2.81. The van der Waals surface area contributed by atoms with Gasteiger partial charge >= 0.3 is 11.9 Å². The van der Waals surface area contributed by atoms with Crippen molar-refractivity contribution in [2.45, 2.75) is 46.1 Å². The van der Waals surface area contributed by atoms with Crippen molar-refractivity contribution in [2.24, 2.45) is 0 Å². The van der Waals surface area contributed by atoms with E-state index in [1.165, 1.54) is 0 Å². The van der Waals surface area contributed by atoms with Gasteiger partial charge in [0.15, 0.2) is 0 Å². The molecule has 0 N–H and O–H groups in total. The molecule has 3 rings (SSSR count). The molecule has 0 saturated heterocycles. The summed E-state index contributed by atoms with van der Waals surface area (Å²) in [5.74, 6) is -0.249. The maximum atomic E-state index is 11.4. The second-order valence-corrected chi connectivity index (χ2v) is 6.28. The molecule has 0 spiro atoms. The Labute approximate surface area is 155 Å². The molecular formula is C22H26O4. The fourth-order valence-electron chi connectivity index (χ4n) is 2.58. The molecular weight excluding hydrogens is 328 g/mol. The van der Waals surface area contributed by atoms with Crippen molar-refractivity contribution >= 4 is 11.9 Å². The van der Waals surface area contributed by atoms with E-state index in [2.05, 4.69) is 6.92 Å². The van der Waals surface area contributed by atoms with Gasteiger partial charge in [0.05, 0.1) is 19.4 Å². The molecule has 4 nitrogen and oxygen atoms in total. The van der Waals surface area contributed by atoms with Crippen LogP contribution in [-0.2, 0) is 38.5 Å². The number of hydrogen-bond acceptors (Lipinski definition) is 4. The second kappa shape index (κ2) is 10.4. The van der Waals surface area contributed by atoms with Crippen molar-refractivity contribution in [2.75, 3.05) is 6.61 Å². The maximum Gasteiger partial charge on any atom is 0.310 e. The first kappa shape index (κ1) is 19.7. The Kier molecular flexibility index (Phi) is 7.87. The first-order valence-corrected chi connectivity index (χ1v) is 9.02. The summed E-state index contributed by atoms with van der Waals surface area (Å²) >= 11 is 0. The number of cyclic esters (lactones) is 1. The summed E-state index contributed by atoms with van der Waals surface area (Å²) in [6, 6.07) is 15.8. The molecule has 0 saturated carbocycles. The minimum atomic E-state index is -0.127. The van der Waals surface area contributed by atoms with E-state index in [0.29, 0.717) is 26.1 Å². The lowest BCUT2D eigenvalue weighted by Gasteiger charge is -2.14. The number of rotatable bonds is 5. The number of ether oxygens (including phenoxy) is 2. The number of esters is 2. The first-order valence-electron chi connectivity index (χ1n) is 9.02. The smallest absolute Gasteiger partial charge is 0.310 e. The topological polar surface area (TPSA) is 52.6 Å². The van der Waals surface area contributed by atoms with Crippen molar-refractivity contribution in [1.82, 2.24) is 0 Å². The number of hydrogen-bond donors (Lipinski definition) is 0. The largest absolute Gasteiger partial charge is 0.465 e. The highest BCUT2D eigenvalue weighted by Crippen LogP contribution is 2.16. The molecule has 2 aromatic rings. The van der Waals surface area contributed by atoms with Gasteiger partial charge in [-0.1, -0.05) is 61.9 Å². The molecule has 1 aliphatic heterocycles. The van der Waals surface area contributed by atoms with Gasteiger partial charge in [-0.2, -0.15) is 0 Å². The highest BCUT2D eigenvalue weighted by Gasteiger charge is 2.14. The van der Waals surface area contributed by atoms with Crippen molar-refractivity contribution < 1.29 is 19.1 Å². The molecule has 0 fully saturated rings. The minimum absolute atomic E-state index is 0.122. The third kappa shape index (κ3) is 6.36. The number of carbonyl (C=O) groups excluding carboxylic acids is 2. The molecule has 4 heteroatoms. The quantitative estimate of drug-likeness (QED) is 0.597. The zero-order chi connectivity index (χ0) is 18.8. The van der Waals surface area contributed by atoms with Gasteiger partial charge in [-0.3, -0.25) is 9.59 Å². The maximum absolute atomic E-state index is 11.4. The summed E-state index contributed by atoms with van der Waals surface area (Å²) in [5.41, 5.74) is 4.43. The molecule has 2 aromatic carbocycles. The predicted molar refractivity (Wildman–Crippen MR) is 101 cm³/mol. The predicted octanol–water partition coefficient (Wildman–Crippen LogP) is 4.17. The van der Waals surface area contributed by atoms with Crippen molar-refractivity contribution in [3.63, 3.8) is 0 Å². The minimum Gasteiger partial charge on any atom is -0.465 e. The van der Waals surface area contributed by atoms with Crippen LogP contribution in [0.25, 0.3) is 0 Å². The van der Waals surface area contributed by atoms with Gasteiger partial charge in [-0.15, -0.1) is 0 Å². The highest BCUT2D eigenvalue weighted by atomic mass is 16.5. The second-order valence-electron chi connectivity index (χ2n) is 6.28. The SMILES string of the molecule is CCCCOC(=O)Cc1ccccc1C.O=C1Cc2ccccc2CO1. The van der Waals surface area contributed by atoms with Gasteiger partial charge in [0.2, 0.25) is 0 Å². The van der Waals surface area contributed by atoms with Crippen LogP contribution in [0.2, 0.25) is 0 Å². The van der Waals surface area contributed by atoms with E-state index in [9.17, 15) is 9.59 Å². The average molecular weight is 354 g/mol. The molecule has 138 valence electrons. The van der Waals surface area contributed by atoms with Crippen molar-refractivity contribution in [3.8, 4) is 0 Å². The van der Waals surface area contributed by atoms with Crippen LogP contribution >= 0.6 is 0 Å². The van der Waals surface area contributed by atoms with E-state index >= 15 is 0 Å². The van der Waals surface area contributed by atoms with Crippen LogP contribution in [0.3, 0.4) is 0 Å². The molecule has 0 amide bonds. The Bertz CT molecular complexity index is 736. The summed E-state index contributed by atoms with van der Waals surface area (Å²) in [7, 11) is 0. The third-order valence-electron chi connectivity index (χ3n) is 4.20. The van der Waals surface area contributed by atoms with E-state index < -0.39 is 0 Å². The molecule has 0 aliphatic carbocycles. The monoisotopic (exact) mass is 354 g/mol. The van der Waals surface area contributed by atoms with E-state index in [1.54, 1.807) is 0 Å². The molecule has 0 radical (unpaired) electrons. The number of carbonyl (C=O) groups is 2. The van der Waals surface area contributed by atoms with Gasteiger partial charge in [-0.05, 0) is 35.6 Å². The summed E-state index contributed by atoms with van der Waals surface area (Å²) in [5, 5.41) is 0. The molecule has 26 heavy (non-hydrogen) atoms. The fourth-order valence-corrected chi connectivity index (χ4v) is 2.58. The van der Waals surface area contributed by atoms with Gasteiger partial charge in [0.1, 0.15) is 6.61 Å². The average Bonchev–Trinajstić information content (AvgIpc) is 2.64. The fraction of sp³-hybridized carbons (Fsp3) is 0.364. The van der Waals surface area contributed by atoms with Crippen LogP contribution in [0.4, 0.5) is 0 Å². The van der Waals surface area contributed by atoms with E-state index in [4.69, 9.17) is 9.47 Å².